The van der Waals surface area contributed by atoms with Gasteiger partial charge in [0.25, 0.3) is 0 Å². The molecule has 10 aromatic rings. The molecular formula is C64H62N4O. The Bertz CT molecular complexity index is 3730. The summed E-state index contributed by atoms with van der Waals surface area (Å²) in [5.74, 6) is 0. The molecule has 0 spiro atoms. The van der Waals surface area contributed by atoms with Crippen LogP contribution in [0, 0.1) is 12.3 Å². The number of para-hydroxylation sites is 2. The van der Waals surface area contributed by atoms with E-state index in [-0.39, 0.29) is 33.7 Å². The number of furan rings is 1. The summed E-state index contributed by atoms with van der Waals surface area (Å²) in [6, 6.07) is 47.7. The Kier molecular flexibility index (Phi) is 9.53. The zero-order chi connectivity index (χ0) is 55.8. The van der Waals surface area contributed by atoms with Crippen LogP contribution in [0.2, 0.25) is 0 Å². The van der Waals surface area contributed by atoms with Crippen LogP contribution in [-0.2, 0) is 42.8 Å². The molecule has 344 valence electrons. The smallest absolute Gasteiger partial charge is 0.227 e. The average Bonchev–Trinajstić information content (AvgIpc) is 3.86. The van der Waals surface area contributed by atoms with Gasteiger partial charge in [0.05, 0.1) is 22.6 Å². The minimum Gasteiger partial charge on any atom is -0.437 e. The molecule has 0 saturated heterocycles. The molecule has 5 aromatic carbocycles. The Morgan fingerprint density at radius 2 is 1.12 bits per heavy atom. The minimum atomic E-state index is -2.85. The van der Waals surface area contributed by atoms with Crippen LogP contribution in [0.4, 0.5) is 0 Å². The van der Waals surface area contributed by atoms with Gasteiger partial charge in [-0.25, -0.2) is 4.98 Å². The van der Waals surface area contributed by atoms with Crippen molar-refractivity contribution in [2.24, 2.45) is 5.41 Å². The number of nitrogens with zero attached hydrogens (tertiary/aromatic N) is 4. The van der Waals surface area contributed by atoms with Crippen molar-refractivity contribution < 1.29 is 16.8 Å². The fourth-order valence-electron chi connectivity index (χ4n) is 9.37. The van der Waals surface area contributed by atoms with Crippen molar-refractivity contribution in [3.05, 3.63) is 215 Å². The Hall–Kier alpha value is -7.24. The monoisotopic (exact) mass is 912 g/mol. The highest BCUT2D eigenvalue weighted by Crippen LogP contribution is 2.38. The van der Waals surface area contributed by atoms with Crippen molar-refractivity contribution >= 4 is 33.0 Å². The summed E-state index contributed by atoms with van der Waals surface area (Å²) >= 11 is 0. The summed E-state index contributed by atoms with van der Waals surface area (Å²) in [4.78, 5) is 19.2. The van der Waals surface area contributed by atoms with Crippen LogP contribution in [0.3, 0.4) is 0 Å². The number of benzene rings is 5. The van der Waals surface area contributed by atoms with Gasteiger partial charge in [-0.3, -0.25) is 15.0 Å². The number of pyridine rings is 4. The molecule has 0 amide bonds. The van der Waals surface area contributed by atoms with E-state index in [0.717, 1.165) is 44.8 Å². The van der Waals surface area contributed by atoms with Crippen LogP contribution in [0.25, 0.3) is 66.7 Å². The van der Waals surface area contributed by atoms with Gasteiger partial charge in [-0.1, -0.05) is 170 Å². The van der Waals surface area contributed by atoms with Crippen molar-refractivity contribution in [2.45, 2.75) is 98.1 Å². The topological polar surface area (TPSA) is 64.7 Å². The molecule has 0 atom stereocenters. The lowest BCUT2D eigenvalue weighted by molar-refractivity contribution is 0.409. The van der Waals surface area contributed by atoms with E-state index in [9.17, 15) is 8.22 Å². The van der Waals surface area contributed by atoms with Crippen LogP contribution in [0.5, 0.6) is 0 Å². The maximum atomic E-state index is 10.0. The first-order valence-electron chi connectivity index (χ1n) is 28.1. The molecule has 0 fully saturated rings. The Balaban J connectivity index is 1.07. The van der Waals surface area contributed by atoms with Crippen LogP contribution in [0.15, 0.2) is 175 Å². The molecule has 0 unspecified atom stereocenters. The standard InChI is InChI=1S/C64H62N4O/c1-42-17-15-22-48-34-55-53-23-16-24-54(60(53)69-61(55)68-59(42)48)58-35-50(38-62(2,3)4)49(39-65-58)26-25-43-31-44(36-63(5,6)51-27-29-56(66-40-51)46-18-11-9-12-19-46)33-45(32-43)37-64(7,8)52-28-30-57(67-41-52)47-20-13-10-14-21-47/h9-24,27-35,39-41H,25-26,36-38H2,1-8H3/i1D3,25D2,26D2,38D2. The summed E-state index contributed by atoms with van der Waals surface area (Å²) < 4.78 is 90.4. The van der Waals surface area contributed by atoms with Gasteiger partial charge < -0.3 is 4.42 Å². The van der Waals surface area contributed by atoms with Crippen molar-refractivity contribution in [3.8, 4) is 33.8 Å². The Morgan fingerprint density at radius 1 is 0.522 bits per heavy atom. The summed E-state index contributed by atoms with van der Waals surface area (Å²) in [5.41, 5.74) is 6.85. The molecule has 5 heteroatoms. The SMILES string of the molecule is [2H]C([2H])([2H])c1cccc2cc3c(nc12)oc1c(-c2cc(C([2H])([2H])C(C)(C)C)c(C([2H])([2H])C([2H])([2H])c4cc(CC(C)(C)c5ccc(-c6ccccc6)nc5)cc(CC(C)(C)c5ccc(-c6ccccc6)nc5)c4)cn2)cccc13. The highest BCUT2D eigenvalue weighted by Gasteiger charge is 2.26. The highest BCUT2D eigenvalue weighted by atomic mass is 16.3. The largest absolute Gasteiger partial charge is 0.437 e. The first kappa shape index (κ1) is 35.8. The fraction of sp³-hybridized carbons (Fsp3) is 0.250. The zero-order valence-electron chi connectivity index (χ0n) is 49.3. The molecule has 0 bridgehead atoms. The number of hydrogen-bond acceptors (Lipinski definition) is 5. The first-order valence-corrected chi connectivity index (χ1v) is 23.6. The molecule has 0 radical (unpaired) electrons. The molecule has 5 heterocycles. The van der Waals surface area contributed by atoms with E-state index in [0.29, 0.717) is 45.7 Å². The van der Waals surface area contributed by atoms with Gasteiger partial charge >= 0.3 is 0 Å². The van der Waals surface area contributed by atoms with Crippen LogP contribution >= 0.6 is 0 Å². The van der Waals surface area contributed by atoms with E-state index >= 15 is 0 Å². The Morgan fingerprint density at radius 3 is 1.70 bits per heavy atom. The zero-order valence-corrected chi connectivity index (χ0v) is 40.3. The lowest BCUT2D eigenvalue weighted by atomic mass is 9.77. The molecule has 0 saturated carbocycles. The minimum absolute atomic E-state index is 0.0512. The van der Waals surface area contributed by atoms with Crippen LogP contribution in [-0.4, -0.2) is 19.9 Å². The van der Waals surface area contributed by atoms with Gasteiger partial charge in [0.15, 0.2) is 0 Å². The quantitative estimate of drug-likeness (QED) is 0.115. The normalized spacial score (nSPS) is 15.1. The van der Waals surface area contributed by atoms with E-state index in [2.05, 4.69) is 45.9 Å². The second kappa shape index (κ2) is 18.3. The summed E-state index contributed by atoms with van der Waals surface area (Å²) in [6.07, 6.45) is -1.79. The second-order valence-electron chi connectivity index (χ2n) is 20.5. The van der Waals surface area contributed by atoms with Gasteiger partial charge in [0.2, 0.25) is 5.71 Å². The number of rotatable bonds is 13. The summed E-state index contributed by atoms with van der Waals surface area (Å²) in [6.45, 7) is 11.3. The molecule has 0 aliphatic rings. The molecule has 10 rings (SSSR count). The van der Waals surface area contributed by atoms with E-state index < -0.39 is 42.2 Å². The number of aromatic nitrogens is 4. The van der Waals surface area contributed by atoms with Gasteiger partial charge in [0, 0.05) is 63.8 Å². The van der Waals surface area contributed by atoms with Gasteiger partial charge in [-0.2, -0.15) is 0 Å². The van der Waals surface area contributed by atoms with Gasteiger partial charge in [-0.15, -0.1) is 0 Å². The first-order chi connectivity index (χ1) is 36.7. The predicted octanol–water partition coefficient (Wildman–Crippen LogP) is 16.0. The van der Waals surface area contributed by atoms with E-state index in [1.807, 2.05) is 103 Å². The molecule has 5 nitrogen and oxygen atoms in total. The molecule has 0 aliphatic heterocycles. The summed E-state index contributed by atoms with van der Waals surface area (Å²) in [7, 11) is 0. The fourth-order valence-corrected chi connectivity index (χ4v) is 9.37. The van der Waals surface area contributed by atoms with E-state index in [1.54, 1.807) is 51.1 Å². The molecule has 5 aromatic heterocycles. The third kappa shape index (κ3) is 9.87. The van der Waals surface area contributed by atoms with Crippen LogP contribution in [0.1, 0.15) is 105 Å². The maximum absolute atomic E-state index is 10.0. The van der Waals surface area contributed by atoms with E-state index in [1.165, 1.54) is 18.3 Å². The third-order valence-electron chi connectivity index (χ3n) is 12.9. The van der Waals surface area contributed by atoms with Crippen molar-refractivity contribution in [1.82, 2.24) is 19.9 Å². The van der Waals surface area contributed by atoms with Crippen molar-refractivity contribution in [3.63, 3.8) is 0 Å². The average molecular weight is 912 g/mol. The molecule has 69 heavy (non-hydrogen) atoms. The highest BCUT2D eigenvalue weighted by molar-refractivity contribution is 6.11. The van der Waals surface area contributed by atoms with Gasteiger partial charge in [0.1, 0.15) is 5.58 Å². The number of hydrogen-bond donors (Lipinski definition) is 0. The van der Waals surface area contributed by atoms with Crippen molar-refractivity contribution in [1.29, 1.82) is 0 Å². The third-order valence-corrected chi connectivity index (χ3v) is 12.9. The summed E-state index contributed by atoms with van der Waals surface area (Å²) in [5, 5.41) is 1.96. The van der Waals surface area contributed by atoms with Crippen LogP contribution < -0.4 is 0 Å². The number of fused-ring (bicyclic) bond motifs is 4. The lowest BCUT2D eigenvalue weighted by Gasteiger charge is -2.28. The second-order valence-corrected chi connectivity index (χ2v) is 20.5. The lowest BCUT2D eigenvalue weighted by Crippen LogP contribution is -2.23. The van der Waals surface area contributed by atoms with E-state index in [4.69, 9.17) is 28.5 Å². The number of aryl methyl sites for hydroxylation is 3. The molecule has 0 N–H and O–H groups in total. The Labute approximate surface area is 420 Å². The maximum Gasteiger partial charge on any atom is 0.227 e. The van der Waals surface area contributed by atoms with Gasteiger partial charge in [-0.05, 0) is 130 Å². The van der Waals surface area contributed by atoms with Crippen molar-refractivity contribution in [2.75, 3.05) is 0 Å². The molecule has 0 aliphatic carbocycles. The predicted molar refractivity (Wildman–Crippen MR) is 287 cm³/mol. The molecular weight excluding hydrogens is 841 g/mol.